The molecule has 5 atom stereocenters. The monoisotopic (exact) mass is 1030 g/mol. The van der Waals surface area contributed by atoms with Crippen LogP contribution in [-0.4, -0.2) is 174 Å². The SMILES string of the molecule is C=CC(=O)N1CCOC2(CCN(C(=O)N(C)[C@H](C(=O)N[Si@@H](C)C(=O)N3CCC[C@@H](C(=O)OCC(C)(C)Cc4c(-c5cccnc5[C@H](C)OC)n(CC)c5ccc(N6CCO[Si@H](C)C6)cc45)N3)C(C)C)CC2)C1. The molecule has 4 saturated heterocycles. The van der Waals surface area contributed by atoms with Gasteiger partial charge >= 0.3 is 12.0 Å². The van der Waals surface area contributed by atoms with Gasteiger partial charge in [-0.25, -0.2) is 10.2 Å². The average molecular weight is 1030 g/mol. The van der Waals surface area contributed by atoms with Crippen LogP contribution in [0.15, 0.2) is 49.2 Å². The summed E-state index contributed by atoms with van der Waals surface area (Å²) < 4.78 is 26.5. The summed E-state index contributed by atoms with van der Waals surface area (Å²) in [5.41, 5.74) is 8.24. The fourth-order valence-corrected chi connectivity index (χ4v) is 14.0. The molecular weight excluding hydrogens is 951 g/mol. The van der Waals surface area contributed by atoms with Crippen LogP contribution in [0.4, 0.5) is 15.3 Å². The molecule has 4 aliphatic rings. The van der Waals surface area contributed by atoms with Gasteiger partial charge in [0.2, 0.25) is 26.3 Å². The van der Waals surface area contributed by atoms with Crippen molar-refractivity contribution < 1.29 is 42.6 Å². The van der Waals surface area contributed by atoms with Gasteiger partial charge in [-0.05, 0) is 107 Å². The summed E-state index contributed by atoms with van der Waals surface area (Å²) in [6.07, 6.45) is 6.61. The smallest absolute Gasteiger partial charge is 0.324 e. The van der Waals surface area contributed by atoms with Crippen molar-refractivity contribution in [3.05, 3.63) is 60.4 Å². The van der Waals surface area contributed by atoms with Gasteiger partial charge in [-0.1, -0.05) is 34.3 Å². The number of ether oxygens (including phenoxy) is 3. The van der Waals surface area contributed by atoms with Gasteiger partial charge in [-0.2, -0.15) is 0 Å². The van der Waals surface area contributed by atoms with E-state index in [0.717, 1.165) is 59.3 Å². The molecule has 394 valence electrons. The van der Waals surface area contributed by atoms with E-state index in [1.54, 1.807) is 36.7 Å². The Balaban J connectivity index is 0.992. The maximum Gasteiger partial charge on any atom is 0.324 e. The lowest BCUT2D eigenvalue weighted by atomic mass is 9.84. The van der Waals surface area contributed by atoms with E-state index in [-0.39, 0.29) is 36.1 Å². The average Bonchev–Trinajstić information content (AvgIpc) is 3.68. The fourth-order valence-electron chi connectivity index (χ4n) is 11.0. The van der Waals surface area contributed by atoms with Crippen molar-refractivity contribution >= 4 is 63.9 Å². The van der Waals surface area contributed by atoms with Crippen LogP contribution in [0, 0.1) is 11.3 Å². The number of hydrogen-bond donors (Lipinski definition) is 2. The second-order valence-electron chi connectivity index (χ2n) is 21.3. The molecule has 2 aromatic heterocycles. The number of benzene rings is 1. The molecular formula is C52H79N9O9Si2. The van der Waals surface area contributed by atoms with Crippen LogP contribution in [0.2, 0.25) is 13.1 Å². The van der Waals surface area contributed by atoms with Crippen LogP contribution in [-0.2, 0) is 46.0 Å². The molecule has 20 heteroatoms. The number of hydrogen-bond acceptors (Lipinski definition) is 12. The van der Waals surface area contributed by atoms with E-state index in [0.29, 0.717) is 71.4 Å². The Bertz CT molecular complexity index is 2460. The molecule has 18 nitrogen and oxygen atoms in total. The minimum absolute atomic E-state index is 0.131. The van der Waals surface area contributed by atoms with E-state index in [4.69, 9.17) is 23.6 Å². The number of anilines is 1. The van der Waals surface area contributed by atoms with Crippen molar-refractivity contribution in [3.63, 3.8) is 0 Å². The minimum atomic E-state index is -2.65. The molecule has 2 N–H and O–H groups in total. The molecule has 1 spiro atoms. The number of urea groups is 1. The van der Waals surface area contributed by atoms with Crippen molar-refractivity contribution in [1.82, 2.24) is 39.7 Å². The third-order valence-corrected chi connectivity index (χ3v) is 18.5. The van der Waals surface area contributed by atoms with E-state index < -0.39 is 53.0 Å². The van der Waals surface area contributed by atoms with Crippen molar-refractivity contribution in [2.24, 2.45) is 11.3 Å². The number of nitrogens with one attached hydrogen (secondary N) is 2. The van der Waals surface area contributed by atoms with Crippen molar-refractivity contribution in [1.29, 1.82) is 0 Å². The Morgan fingerprint density at radius 1 is 1.08 bits per heavy atom. The molecule has 0 radical (unpaired) electrons. The third-order valence-electron chi connectivity index (χ3n) is 14.9. The first-order chi connectivity index (χ1) is 34.3. The van der Waals surface area contributed by atoms with E-state index in [9.17, 15) is 24.0 Å². The molecule has 6 heterocycles. The Labute approximate surface area is 429 Å². The summed E-state index contributed by atoms with van der Waals surface area (Å²) >= 11 is 0. The number of methoxy groups -OCH3 is 1. The molecule has 0 saturated carbocycles. The molecule has 0 bridgehead atoms. The highest BCUT2D eigenvalue weighted by molar-refractivity contribution is 6.88. The van der Waals surface area contributed by atoms with Gasteiger partial charge in [0.05, 0.1) is 49.5 Å². The van der Waals surface area contributed by atoms with Crippen molar-refractivity contribution in [3.8, 4) is 11.3 Å². The van der Waals surface area contributed by atoms with Crippen LogP contribution < -0.4 is 15.3 Å². The Morgan fingerprint density at radius 3 is 2.51 bits per heavy atom. The van der Waals surface area contributed by atoms with Gasteiger partial charge in [0.15, 0.2) is 9.04 Å². The lowest BCUT2D eigenvalue weighted by molar-refractivity contribution is -0.154. The van der Waals surface area contributed by atoms with E-state index >= 15 is 0 Å². The second kappa shape index (κ2) is 23.4. The Kier molecular flexibility index (Phi) is 17.8. The number of carbonyl (C=O) groups excluding carboxylic acids is 5. The lowest BCUT2D eigenvalue weighted by Gasteiger charge is -2.47. The first kappa shape index (κ1) is 54.6. The number of pyridine rings is 1. The van der Waals surface area contributed by atoms with Gasteiger partial charge in [0.25, 0.3) is 0 Å². The Morgan fingerprint density at radius 2 is 1.83 bits per heavy atom. The van der Waals surface area contributed by atoms with Crippen LogP contribution in [0.3, 0.4) is 0 Å². The minimum Gasteiger partial charge on any atom is -0.464 e. The molecule has 4 aliphatic heterocycles. The van der Waals surface area contributed by atoms with Crippen LogP contribution >= 0.6 is 0 Å². The normalized spacial score (nSPS) is 20.8. The number of piperidine rings is 1. The van der Waals surface area contributed by atoms with Gasteiger partial charge in [0, 0.05) is 93.4 Å². The molecule has 7 rings (SSSR count). The summed E-state index contributed by atoms with van der Waals surface area (Å²) in [6, 6.07) is 9.01. The highest BCUT2D eigenvalue weighted by atomic mass is 28.3. The zero-order valence-corrected chi connectivity index (χ0v) is 46.6. The first-order valence-electron chi connectivity index (χ1n) is 25.9. The molecule has 3 aromatic rings. The lowest BCUT2D eigenvalue weighted by Crippen LogP contribution is -2.63. The number of amides is 5. The van der Waals surface area contributed by atoms with Gasteiger partial charge < -0.3 is 47.8 Å². The molecule has 0 unspecified atom stereocenters. The van der Waals surface area contributed by atoms with Crippen LogP contribution in [0.5, 0.6) is 0 Å². The predicted molar refractivity (Wildman–Crippen MR) is 283 cm³/mol. The zero-order valence-electron chi connectivity index (χ0n) is 44.3. The van der Waals surface area contributed by atoms with E-state index in [2.05, 4.69) is 78.0 Å². The molecule has 1 aromatic carbocycles. The topological polar surface area (TPSA) is 180 Å². The number of rotatable bonds is 16. The maximum absolute atomic E-state index is 14.0. The highest BCUT2D eigenvalue weighted by Gasteiger charge is 2.44. The Hall–Kier alpha value is -5.13. The number of fused-ring (bicyclic) bond motifs is 1. The van der Waals surface area contributed by atoms with Gasteiger partial charge in [0.1, 0.15) is 12.1 Å². The highest BCUT2D eigenvalue weighted by Crippen LogP contribution is 2.42. The summed E-state index contributed by atoms with van der Waals surface area (Å²) in [7, 11) is -0.635. The van der Waals surface area contributed by atoms with E-state index in [1.165, 1.54) is 21.7 Å². The molecule has 4 fully saturated rings. The zero-order chi connectivity index (χ0) is 52.1. The third kappa shape index (κ3) is 12.1. The van der Waals surface area contributed by atoms with Gasteiger partial charge in [-0.15, -0.1) is 0 Å². The number of likely N-dealkylation sites (tertiary alicyclic amines) is 1. The molecule has 72 heavy (non-hydrogen) atoms. The quantitative estimate of drug-likeness (QED) is 0.107. The standard InChI is InChI=1S/C52H79N9O9Si2/c1-12-43(62)58-26-28-69-52(32-58)20-24-57(25-21-52)49(65)56(8)45(35(3)4)47(63)55-72(11)50(66)61-23-15-17-41(54-61)48(64)68-33-51(6,7)31-40-39-30-37(59-27-29-70-71(10)34-59)18-19-42(39)60(13-2)46(40)38-16-14-22-53-44(38)36(5)67-9/h12,14,16,18-19,22,30,35-36,41,45,54,71-72H,1,13,15,17,20-21,23-29,31-34H2,2-11H3,(H,55,63)/t36-,41-,45-,71+,72-/m0/s1. The largest absolute Gasteiger partial charge is 0.464 e. The van der Waals surface area contributed by atoms with Crippen molar-refractivity contribution in [2.45, 2.75) is 117 Å². The summed E-state index contributed by atoms with van der Waals surface area (Å²) in [5, 5.41) is 2.61. The number of carbonyl (C=O) groups is 5. The number of aromatic nitrogens is 2. The maximum atomic E-state index is 14.0. The number of nitrogens with zero attached hydrogens (tertiary/aromatic N) is 7. The number of esters is 1. The summed E-state index contributed by atoms with van der Waals surface area (Å²) in [4.78, 5) is 83.4. The number of likely N-dealkylation sites (N-methyl/N-ethyl adjacent to an activating group) is 1. The predicted octanol–water partition coefficient (Wildman–Crippen LogP) is 5.37. The summed E-state index contributed by atoms with van der Waals surface area (Å²) in [6.45, 7) is 24.8. The van der Waals surface area contributed by atoms with Crippen molar-refractivity contribution in [2.75, 3.05) is 84.3 Å². The first-order valence-corrected chi connectivity index (χ1v) is 30.7. The fraction of sp³-hybridized carbons (Fsp3) is 0.615. The number of morpholine rings is 1. The van der Waals surface area contributed by atoms with E-state index in [1.807, 2.05) is 26.8 Å². The number of aryl methyl sites for hydroxylation is 1. The summed E-state index contributed by atoms with van der Waals surface area (Å²) in [5.74, 6) is -1.20. The van der Waals surface area contributed by atoms with Gasteiger partial charge in [-0.3, -0.25) is 29.2 Å². The van der Waals surface area contributed by atoms with Crippen LogP contribution in [0.25, 0.3) is 22.2 Å². The molecule has 0 aliphatic carbocycles. The second-order valence-corrected chi connectivity index (χ2v) is 25.8. The molecule has 5 amide bonds. The number of hydrazine groups is 1. The van der Waals surface area contributed by atoms with Crippen LogP contribution in [0.1, 0.15) is 84.6 Å².